The highest BCUT2D eigenvalue weighted by Gasteiger charge is 1.86. The molecule has 0 aliphatic heterocycles. The molecule has 0 aliphatic carbocycles. The quantitative estimate of drug-likeness (QED) is 0.438. The minimum absolute atomic E-state index is 0.401. The van der Waals surface area contributed by atoms with Crippen molar-refractivity contribution in [3.8, 4) is 0 Å². The third kappa shape index (κ3) is 1.48. The van der Waals surface area contributed by atoms with Crippen LogP contribution < -0.4 is 5.11 Å². The Labute approximate surface area is 63.9 Å². The summed E-state index contributed by atoms with van der Waals surface area (Å²) in [4.78, 5) is 0. The summed E-state index contributed by atoms with van der Waals surface area (Å²) >= 11 is 4.96. The lowest BCUT2D eigenvalue weighted by molar-refractivity contribution is -0.212. The molecule has 0 bridgehead atoms. The largest absolute Gasteiger partial charge is 0.857 e. The normalized spacial score (nSPS) is 11.5. The van der Waals surface area contributed by atoms with E-state index < -0.39 is 5.90 Å². The van der Waals surface area contributed by atoms with Gasteiger partial charge in [-0.05, 0) is 5.56 Å². The van der Waals surface area contributed by atoms with Crippen LogP contribution in [0.2, 0.25) is 0 Å². The van der Waals surface area contributed by atoms with Crippen molar-refractivity contribution < 1.29 is 5.11 Å². The van der Waals surface area contributed by atoms with Crippen LogP contribution in [0.25, 0.3) is 0 Å². The van der Waals surface area contributed by atoms with Crippen LogP contribution in [0.5, 0.6) is 0 Å². The molecular weight excluding hydrogens is 150 g/mol. The summed E-state index contributed by atoms with van der Waals surface area (Å²) < 4.78 is 2.99. The maximum atomic E-state index is 10.7. The zero-order valence-corrected chi connectivity index (χ0v) is 5.88. The third-order valence-corrected chi connectivity index (χ3v) is 1.25. The van der Waals surface area contributed by atoms with Crippen LogP contribution in [0.1, 0.15) is 5.56 Å². The van der Waals surface area contributed by atoms with Crippen molar-refractivity contribution in [3.63, 3.8) is 0 Å². The maximum Gasteiger partial charge on any atom is 0.0359 e. The summed E-state index contributed by atoms with van der Waals surface area (Å²) in [5, 5.41) is 10.7. The van der Waals surface area contributed by atoms with Gasteiger partial charge in [-0.3, -0.25) is 0 Å². The van der Waals surface area contributed by atoms with Crippen molar-refractivity contribution in [3.05, 3.63) is 35.9 Å². The zero-order chi connectivity index (χ0) is 7.40. The maximum absolute atomic E-state index is 10.7. The van der Waals surface area contributed by atoms with Gasteiger partial charge in [0.1, 0.15) is 0 Å². The van der Waals surface area contributed by atoms with Gasteiger partial charge in [0.2, 0.25) is 0 Å². The zero-order valence-electron chi connectivity index (χ0n) is 5.12. The minimum Gasteiger partial charge on any atom is -0.857 e. The van der Waals surface area contributed by atoms with Gasteiger partial charge in [0.25, 0.3) is 0 Å². The molecule has 0 saturated carbocycles. The second-order valence-corrected chi connectivity index (χ2v) is 1.92. The van der Waals surface area contributed by atoms with Crippen LogP contribution >= 0.6 is 11.8 Å². The van der Waals surface area contributed by atoms with Crippen LogP contribution in [0, 0.1) is 0 Å². The summed E-state index contributed by atoms with van der Waals surface area (Å²) in [7, 11) is 0. The van der Waals surface area contributed by atoms with Crippen molar-refractivity contribution >= 4 is 17.7 Å². The Balaban J connectivity index is 2.96. The fourth-order valence-corrected chi connectivity index (χ4v) is 0.727. The highest BCUT2D eigenvalue weighted by atomic mass is 35.5. The van der Waals surface area contributed by atoms with E-state index in [1.165, 1.54) is 0 Å². The first kappa shape index (κ1) is 7.09. The molecule has 1 aromatic rings. The first-order valence-corrected chi connectivity index (χ1v) is 3.10. The molecule has 0 fully saturated rings. The lowest BCUT2D eigenvalue weighted by Gasteiger charge is -2.05. The lowest BCUT2D eigenvalue weighted by Crippen LogP contribution is -2.17. The molecule has 0 unspecified atom stereocenters. The Morgan fingerprint density at radius 2 is 1.90 bits per heavy atom. The van der Waals surface area contributed by atoms with E-state index in [0.29, 0.717) is 5.56 Å². The van der Waals surface area contributed by atoms with Crippen molar-refractivity contribution in [2.24, 2.45) is 4.51 Å². The molecule has 10 heavy (non-hydrogen) atoms. The summed E-state index contributed by atoms with van der Waals surface area (Å²) in [6.45, 7) is 0. The Bertz CT molecular complexity index is 233. The Kier molecular flexibility index (Phi) is 2.29. The van der Waals surface area contributed by atoms with Crippen LogP contribution in [-0.4, -0.2) is 5.90 Å². The van der Waals surface area contributed by atoms with Gasteiger partial charge >= 0.3 is 0 Å². The monoisotopic (exact) mass is 154 g/mol. The predicted molar refractivity (Wildman–Crippen MR) is 38.8 cm³/mol. The van der Waals surface area contributed by atoms with E-state index >= 15 is 0 Å². The Hall–Kier alpha value is -1.02. The van der Waals surface area contributed by atoms with Gasteiger partial charge in [0, 0.05) is 17.7 Å². The van der Waals surface area contributed by atoms with Crippen molar-refractivity contribution in [2.75, 3.05) is 0 Å². The smallest absolute Gasteiger partial charge is 0.0359 e. The lowest BCUT2D eigenvalue weighted by atomic mass is 10.2. The van der Waals surface area contributed by atoms with Gasteiger partial charge < -0.3 is 5.11 Å². The molecule has 52 valence electrons. The summed E-state index contributed by atoms with van der Waals surface area (Å²) in [6, 6.07) is 8.66. The van der Waals surface area contributed by atoms with Crippen molar-refractivity contribution in [1.82, 2.24) is 0 Å². The van der Waals surface area contributed by atoms with E-state index in [2.05, 4.69) is 4.51 Å². The molecule has 0 heterocycles. The van der Waals surface area contributed by atoms with Gasteiger partial charge in [-0.2, -0.15) is 4.51 Å². The van der Waals surface area contributed by atoms with E-state index in [1.54, 1.807) is 24.3 Å². The van der Waals surface area contributed by atoms with Gasteiger partial charge in [0.05, 0.1) is 0 Å². The predicted octanol–water partition coefficient (Wildman–Crippen LogP) is 0.947. The van der Waals surface area contributed by atoms with Gasteiger partial charge in [-0.15, -0.1) is 0 Å². The third-order valence-electron chi connectivity index (χ3n) is 1.10. The number of benzene rings is 1. The summed E-state index contributed by atoms with van der Waals surface area (Å²) in [5.41, 5.74) is 0.512. The van der Waals surface area contributed by atoms with Crippen LogP contribution in [-0.2, 0) is 0 Å². The second-order valence-electron chi connectivity index (χ2n) is 1.76. The molecule has 0 spiro atoms. The molecule has 0 atom stereocenters. The van der Waals surface area contributed by atoms with Crippen LogP contribution in [0.3, 0.4) is 0 Å². The number of halogens is 1. The number of hydrogen-bond donors (Lipinski definition) is 0. The Morgan fingerprint density at radius 1 is 1.30 bits per heavy atom. The first-order chi connectivity index (χ1) is 4.84. The highest BCUT2D eigenvalue weighted by Crippen LogP contribution is 1.97. The number of rotatable bonds is 1. The van der Waals surface area contributed by atoms with Crippen LogP contribution in [0.15, 0.2) is 34.8 Å². The molecule has 0 radical (unpaired) electrons. The topological polar surface area (TPSA) is 35.4 Å². The van der Waals surface area contributed by atoms with Crippen molar-refractivity contribution in [1.29, 1.82) is 0 Å². The average Bonchev–Trinajstić information content (AvgIpc) is 2.05. The fourth-order valence-electron chi connectivity index (χ4n) is 0.630. The van der Waals surface area contributed by atoms with E-state index in [1.807, 2.05) is 6.07 Å². The minimum atomic E-state index is -0.401. The molecule has 0 amide bonds. The van der Waals surface area contributed by atoms with Gasteiger partial charge in [-0.25, -0.2) is 0 Å². The van der Waals surface area contributed by atoms with Gasteiger partial charge in [0.15, 0.2) is 0 Å². The molecule has 0 N–H and O–H groups in total. The average molecular weight is 155 g/mol. The number of hydrogen-bond acceptors (Lipinski definition) is 2. The van der Waals surface area contributed by atoms with Crippen LogP contribution in [0.4, 0.5) is 0 Å². The molecule has 2 nitrogen and oxygen atoms in total. The van der Waals surface area contributed by atoms with Gasteiger partial charge in [-0.1, -0.05) is 30.3 Å². The molecule has 1 aromatic carbocycles. The highest BCUT2D eigenvalue weighted by molar-refractivity contribution is 6.20. The molecule has 0 saturated heterocycles. The molecule has 1 rings (SSSR count). The molecular formula is C7H5ClNO-. The summed E-state index contributed by atoms with van der Waals surface area (Å²) in [5.74, 6) is -0.401. The molecule has 3 heteroatoms. The first-order valence-electron chi connectivity index (χ1n) is 2.76. The summed E-state index contributed by atoms with van der Waals surface area (Å²) in [6.07, 6.45) is 0. The molecule has 0 aromatic heterocycles. The van der Waals surface area contributed by atoms with E-state index in [0.717, 1.165) is 0 Å². The van der Waals surface area contributed by atoms with E-state index in [4.69, 9.17) is 11.8 Å². The second kappa shape index (κ2) is 3.22. The van der Waals surface area contributed by atoms with Crippen molar-refractivity contribution in [2.45, 2.75) is 0 Å². The van der Waals surface area contributed by atoms with E-state index in [-0.39, 0.29) is 0 Å². The number of nitrogens with zero attached hydrogens (tertiary/aromatic N) is 1. The fraction of sp³-hybridized carbons (Fsp3) is 0. The molecule has 0 aliphatic rings. The SMILES string of the molecule is [O-]/C(=N\Cl)c1ccccc1. The Morgan fingerprint density at radius 3 is 2.40 bits per heavy atom. The van der Waals surface area contributed by atoms with E-state index in [9.17, 15) is 5.11 Å². The standard InChI is InChI=1S/C7H6ClNO/c8-9-7(10)6-4-2-1-3-5-6/h1-5H,(H,9,10)/p-1.